The van der Waals surface area contributed by atoms with Crippen LogP contribution >= 0.6 is 0 Å². The van der Waals surface area contributed by atoms with E-state index >= 15 is 0 Å². The maximum Gasteiger partial charge on any atom is 0.388 e. The summed E-state index contributed by atoms with van der Waals surface area (Å²) in [5, 5.41) is 3.76. The van der Waals surface area contributed by atoms with E-state index in [0.29, 0.717) is 18.9 Å². The minimum absolute atomic E-state index is 0.151. The van der Waals surface area contributed by atoms with E-state index in [1.807, 2.05) is 0 Å². The molecule has 1 heterocycles. The van der Waals surface area contributed by atoms with Crippen LogP contribution in [0, 0.1) is 11.6 Å². The highest BCUT2D eigenvalue weighted by atomic mass is 32.2. The third kappa shape index (κ3) is 3.51. The Morgan fingerprint density at radius 1 is 1.34 bits per heavy atom. The number of ether oxygens (including phenoxy) is 1. The predicted molar refractivity (Wildman–Crippen MR) is 93.7 cm³/mol. The molecule has 2 aromatic rings. The number of rotatable bonds is 6. The van der Waals surface area contributed by atoms with Gasteiger partial charge in [-0.15, -0.1) is 9.78 Å². The average molecular weight is 432 g/mol. The van der Waals surface area contributed by atoms with E-state index in [9.17, 15) is 26.8 Å². The lowest BCUT2D eigenvalue weighted by Gasteiger charge is -2.26. The van der Waals surface area contributed by atoms with Crippen molar-refractivity contribution in [1.82, 2.24) is 18.8 Å². The van der Waals surface area contributed by atoms with Gasteiger partial charge in [0, 0.05) is 6.04 Å². The summed E-state index contributed by atoms with van der Waals surface area (Å²) in [6.45, 7) is 1.80. The largest absolute Gasteiger partial charge is 0.464 e. The molecular weight excluding hydrogens is 414 g/mol. The lowest BCUT2D eigenvalue weighted by molar-refractivity contribution is -0.0120. The third-order valence-corrected chi connectivity index (χ3v) is 6.02. The van der Waals surface area contributed by atoms with Crippen molar-refractivity contribution in [2.45, 2.75) is 37.1 Å². The van der Waals surface area contributed by atoms with Gasteiger partial charge in [-0.25, -0.2) is 22.9 Å². The second kappa shape index (κ2) is 7.91. The first-order valence-electron chi connectivity index (χ1n) is 8.66. The summed E-state index contributed by atoms with van der Waals surface area (Å²) in [5.74, 6) is -3.12. The molecule has 13 heteroatoms. The normalized spacial score (nSPS) is 14.5. The number of aromatic nitrogens is 3. The summed E-state index contributed by atoms with van der Waals surface area (Å²) >= 11 is 0. The molecule has 1 fully saturated rings. The van der Waals surface area contributed by atoms with E-state index in [1.165, 1.54) is 0 Å². The van der Waals surface area contributed by atoms with Gasteiger partial charge in [0.25, 0.3) is 10.0 Å². The van der Waals surface area contributed by atoms with Crippen molar-refractivity contribution in [3.8, 4) is 6.01 Å². The van der Waals surface area contributed by atoms with E-state index in [1.54, 1.807) is 6.92 Å². The van der Waals surface area contributed by atoms with Gasteiger partial charge in [0.15, 0.2) is 11.6 Å². The van der Waals surface area contributed by atoms with Crippen LogP contribution in [0.2, 0.25) is 0 Å². The standard InChI is InChI=1S/C16H18F2N4O6S/c1-3-28-14-19-21(15(23)20(14)10-6-4-7-10)16(24)22(27-2)29(25,26)12-9-5-8-11(17)13(12)18/h5,8-10H,3-4,6-7H2,1-2H3. The summed E-state index contributed by atoms with van der Waals surface area (Å²) in [7, 11) is -4.18. The molecule has 0 radical (unpaired) electrons. The Bertz CT molecular complexity index is 1090. The van der Waals surface area contributed by atoms with Crippen molar-refractivity contribution < 1.29 is 31.6 Å². The molecule has 0 N–H and O–H groups in total. The zero-order valence-electron chi connectivity index (χ0n) is 15.5. The van der Waals surface area contributed by atoms with Crippen LogP contribution in [0.15, 0.2) is 27.9 Å². The Morgan fingerprint density at radius 3 is 2.59 bits per heavy atom. The summed E-state index contributed by atoms with van der Waals surface area (Å²) in [4.78, 5) is 28.9. The Morgan fingerprint density at radius 2 is 2.03 bits per heavy atom. The summed E-state index contributed by atoms with van der Waals surface area (Å²) in [5.41, 5.74) is -0.930. The zero-order valence-corrected chi connectivity index (χ0v) is 16.4. The molecule has 3 rings (SSSR count). The van der Waals surface area contributed by atoms with Gasteiger partial charge in [0.2, 0.25) is 0 Å². The van der Waals surface area contributed by atoms with E-state index in [0.717, 1.165) is 30.2 Å². The molecule has 0 unspecified atom stereocenters. The highest BCUT2D eigenvalue weighted by molar-refractivity contribution is 7.89. The first kappa shape index (κ1) is 20.9. The lowest BCUT2D eigenvalue weighted by atomic mass is 9.93. The van der Waals surface area contributed by atoms with Crippen molar-refractivity contribution in [3.63, 3.8) is 0 Å². The van der Waals surface area contributed by atoms with Crippen LogP contribution in [0.4, 0.5) is 13.6 Å². The van der Waals surface area contributed by atoms with Crippen LogP contribution < -0.4 is 10.4 Å². The maximum atomic E-state index is 14.0. The molecule has 158 valence electrons. The van der Waals surface area contributed by atoms with Crippen LogP contribution in [0.25, 0.3) is 0 Å². The van der Waals surface area contributed by atoms with Gasteiger partial charge in [-0.3, -0.25) is 4.84 Å². The van der Waals surface area contributed by atoms with Crippen molar-refractivity contribution in [3.05, 3.63) is 40.3 Å². The molecule has 1 aromatic carbocycles. The van der Waals surface area contributed by atoms with E-state index in [4.69, 9.17) is 4.74 Å². The quantitative estimate of drug-likeness (QED) is 0.638. The Kier molecular flexibility index (Phi) is 5.71. The molecule has 0 spiro atoms. The minimum Gasteiger partial charge on any atom is -0.464 e. The summed E-state index contributed by atoms with van der Waals surface area (Å²) < 4.78 is 59.3. The SMILES string of the molecule is CCOc1nn(C(=O)N(OC)S(=O)(=O)c2cccc(F)c2F)c(=O)n1C1CCC1. The zero-order chi connectivity index (χ0) is 21.3. The Hall–Kier alpha value is -2.80. The molecule has 1 aliphatic carbocycles. The number of benzene rings is 1. The minimum atomic E-state index is -5.00. The van der Waals surface area contributed by atoms with Gasteiger partial charge in [-0.2, -0.15) is 8.42 Å². The molecule has 29 heavy (non-hydrogen) atoms. The number of halogens is 2. The number of hydrogen-bond donors (Lipinski definition) is 0. The number of carbonyl (C=O) groups excluding carboxylic acids is 1. The fourth-order valence-electron chi connectivity index (χ4n) is 2.80. The molecular formula is C16H18F2N4O6S. The Balaban J connectivity index is 2.06. The maximum absolute atomic E-state index is 14.0. The molecule has 0 saturated heterocycles. The first-order chi connectivity index (χ1) is 13.7. The smallest absolute Gasteiger partial charge is 0.388 e. The van der Waals surface area contributed by atoms with Crippen molar-refractivity contribution in [2.75, 3.05) is 13.7 Å². The van der Waals surface area contributed by atoms with Crippen LogP contribution in [0.5, 0.6) is 6.01 Å². The van der Waals surface area contributed by atoms with Crippen LogP contribution in [0.1, 0.15) is 32.2 Å². The number of hydroxylamine groups is 1. The molecule has 0 bridgehead atoms. The molecule has 0 aliphatic heterocycles. The van der Waals surface area contributed by atoms with Gasteiger partial charge in [0.1, 0.15) is 4.90 Å². The van der Waals surface area contributed by atoms with Crippen molar-refractivity contribution >= 4 is 16.1 Å². The van der Waals surface area contributed by atoms with E-state index < -0.39 is 38.3 Å². The fourth-order valence-corrected chi connectivity index (χ4v) is 4.03. The highest BCUT2D eigenvalue weighted by Gasteiger charge is 2.38. The second-order valence-corrected chi connectivity index (χ2v) is 7.84. The predicted octanol–water partition coefficient (Wildman–Crippen LogP) is 1.67. The monoisotopic (exact) mass is 432 g/mol. The van der Waals surface area contributed by atoms with Gasteiger partial charge in [0.05, 0.1) is 13.7 Å². The second-order valence-electron chi connectivity index (χ2n) is 6.11. The number of hydrogen-bond acceptors (Lipinski definition) is 7. The van der Waals surface area contributed by atoms with Gasteiger partial charge >= 0.3 is 17.7 Å². The highest BCUT2D eigenvalue weighted by Crippen LogP contribution is 2.32. The van der Waals surface area contributed by atoms with Crippen LogP contribution in [0.3, 0.4) is 0 Å². The van der Waals surface area contributed by atoms with Crippen molar-refractivity contribution in [2.24, 2.45) is 0 Å². The lowest BCUT2D eigenvalue weighted by Crippen LogP contribution is -2.44. The first-order valence-corrected chi connectivity index (χ1v) is 10.1. The number of carbonyl (C=O) groups is 1. The van der Waals surface area contributed by atoms with E-state index in [-0.39, 0.29) is 27.8 Å². The summed E-state index contributed by atoms with van der Waals surface area (Å²) in [6.07, 6.45) is 2.21. The number of nitrogens with zero attached hydrogens (tertiary/aromatic N) is 4. The number of sulfonamides is 1. The van der Waals surface area contributed by atoms with Crippen LogP contribution in [-0.2, 0) is 14.9 Å². The van der Waals surface area contributed by atoms with Gasteiger partial charge in [-0.05, 0) is 38.3 Å². The van der Waals surface area contributed by atoms with E-state index in [2.05, 4.69) is 9.94 Å². The molecule has 1 aromatic heterocycles. The Labute approximate surface area is 164 Å². The number of amides is 1. The van der Waals surface area contributed by atoms with Gasteiger partial charge < -0.3 is 4.74 Å². The topological polar surface area (TPSA) is 113 Å². The molecule has 10 nitrogen and oxygen atoms in total. The third-order valence-electron chi connectivity index (χ3n) is 4.41. The average Bonchev–Trinajstić information content (AvgIpc) is 2.93. The fraction of sp³-hybridized carbons (Fsp3) is 0.438. The summed E-state index contributed by atoms with van der Waals surface area (Å²) in [6, 6.07) is 0.509. The molecule has 0 atom stereocenters. The molecule has 1 saturated carbocycles. The van der Waals surface area contributed by atoms with Crippen molar-refractivity contribution in [1.29, 1.82) is 0 Å². The molecule has 1 aliphatic rings. The van der Waals surface area contributed by atoms with Gasteiger partial charge in [-0.1, -0.05) is 10.5 Å². The molecule has 1 amide bonds. The van der Waals surface area contributed by atoms with Crippen LogP contribution in [-0.4, -0.2) is 47.0 Å².